The van der Waals surface area contributed by atoms with Crippen LogP contribution in [0, 0.1) is 0 Å². The van der Waals surface area contributed by atoms with Crippen LogP contribution in [-0.4, -0.2) is 23.9 Å². The van der Waals surface area contributed by atoms with Crippen molar-refractivity contribution in [3.63, 3.8) is 0 Å². The summed E-state index contributed by atoms with van der Waals surface area (Å²) in [5.74, 6) is -1.13. The molecule has 0 saturated carbocycles. The van der Waals surface area contributed by atoms with E-state index in [1.807, 2.05) is 0 Å². The first kappa shape index (κ1) is 14.1. The second-order valence-corrected chi connectivity index (χ2v) is 3.59. The van der Waals surface area contributed by atoms with E-state index < -0.39 is 18.6 Å². The lowest BCUT2D eigenvalue weighted by molar-refractivity contribution is -0.136. The minimum Gasteiger partial charge on any atom is -0.491 e. The van der Waals surface area contributed by atoms with Gasteiger partial charge in [0.25, 0.3) is 0 Å². The lowest BCUT2D eigenvalue weighted by Gasteiger charge is -2.11. The summed E-state index contributed by atoms with van der Waals surface area (Å²) in [6.45, 7) is -0.174. The van der Waals surface area contributed by atoms with Gasteiger partial charge in [0, 0.05) is 6.42 Å². The third kappa shape index (κ3) is 4.15. The van der Waals surface area contributed by atoms with E-state index in [9.17, 15) is 18.0 Å². The van der Waals surface area contributed by atoms with Gasteiger partial charge in [0.1, 0.15) is 5.75 Å². The maximum absolute atomic E-state index is 11.9. The van der Waals surface area contributed by atoms with Crippen LogP contribution >= 0.6 is 0 Å². The van der Waals surface area contributed by atoms with Gasteiger partial charge >= 0.3 is 12.1 Å². The van der Waals surface area contributed by atoms with E-state index in [0.717, 1.165) is 0 Å². The first-order valence-electron chi connectivity index (χ1n) is 5.12. The number of anilines is 1. The molecule has 0 aromatic heterocycles. The van der Waals surface area contributed by atoms with Crippen LogP contribution in [0.15, 0.2) is 18.2 Å². The SMILES string of the molecule is Nc1c(OCCCC(F)(F)F)cccc1C(=O)O. The van der Waals surface area contributed by atoms with Gasteiger partial charge in [-0.05, 0) is 18.6 Å². The summed E-state index contributed by atoms with van der Waals surface area (Å²) in [6, 6.07) is 4.12. The number of aromatic carboxylic acids is 1. The molecule has 0 spiro atoms. The fourth-order valence-electron chi connectivity index (χ4n) is 1.31. The zero-order valence-corrected chi connectivity index (χ0v) is 9.33. The van der Waals surface area contributed by atoms with Gasteiger partial charge in [-0.15, -0.1) is 0 Å². The Bertz CT molecular complexity index is 432. The van der Waals surface area contributed by atoms with E-state index in [-0.39, 0.29) is 30.0 Å². The van der Waals surface area contributed by atoms with Crippen molar-refractivity contribution in [1.82, 2.24) is 0 Å². The lowest BCUT2D eigenvalue weighted by Crippen LogP contribution is -2.11. The van der Waals surface area contributed by atoms with Gasteiger partial charge in [-0.3, -0.25) is 0 Å². The fraction of sp³-hybridized carbons (Fsp3) is 0.364. The molecule has 0 bridgehead atoms. The largest absolute Gasteiger partial charge is 0.491 e. The Labute approximate surface area is 101 Å². The predicted octanol–water partition coefficient (Wildman–Crippen LogP) is 2.69. The molecule has 0 saturated heterocycles. The molecule has 0 aliphatic rings. The van der Waals surface area contributed by atoms with Crippen molar-refractivity contribution in [3.05, 3.63) is 23.8 Å². The van der Waals surface area contributed by atoms with Crippen LogP contribution in [0.5, 0.6) is 5.75 Å². The molecular weight excluding hydrogens is 251 g/mol. The smallest absolute Gasteiger partial charge is 0.389 e. The summed E-state index contributed by atoms with van der Waals surface area (Å²) in [7, 11) is 0. The number of hydrogen-bond donors (Lipinski definition) is 2. The molecule has 0 fully saturated rings. The number of nitrogen functional groups attached to an aromatic ring is 1. The van der Waals surface area contributed by atoms with Crippen LogP contribution in [0.2, 0.25) is 0 Å². The molecule has 0 atom stereocenters. The van der Waals surface area contributed by atoms with Gasteiger partial charge in [-0.2, -0.15) is 13.2 Å². The zero-order chi connectivity index (χ0) is 13.8. The Morgan fingerprint density at radius 1 is 1.39 bits per heavy atom. The molecule has 0 aliphatic carbocycles. The van der Waals surface area contributed by atoms with Crippen molar-refractivity contribution in [2.24, 2.45) is 0 Å². The van der Waals surface area contributed by atoms with Crippen molar-refractivity contribution in [2.75, 3.05) is 12.3 Å². The quantitative estimate of drug-likeness (QED) is 0.632. The second kappa shape index (κ2) is 5.61. The van der Waals surface area contributed by atoms with Crippen molar-refractivity contribution < 1.29 is 27.8 Å². The molecule has 0 radical (unpaired) electrons. The second-order valence-electron chi connectivity index (χ2n) is 3.59. The van der Waals surface area contributed by atoms with Crippen molar-refractivity contribution in [2.45, 2.75) is 19.0 Å². The Kier molecular flexibility index (Phi) is 4.41. The maximum atomic E-state index is 11.9. The monoisotopic (exact) mass is 263 g/mol. The molecule has 0 amide bonds. The number of para-hydroxylation sites is 1. The van der Waals surface area contributed by atoms with Crippen molar-refractivity contribution in [3.8, 4) is 5.75 Å². The normalized spacial score (nSPS) is 11.3. The van der Waals surface area contributed by atoms with Gasteiger partial charge < -0.3 is 15.6 Å². The molecule has 3 N–H and O–H groups in total. The van der Waals surface area contributed by atoms with Gasteiger partial charge in [-0.1, -0.05) is 6.07 Å². The summed E-state index contributed by atoms with van der Waals surface area (Å²) in [4.78, 5) is 10.8. The number of carboxylic acid groups (broad SMARTS) is 1. The number of benzene rings is 1. The van der Waals surface area contributed by atoms with Crippen molar-refractivity contribution >= 4 is 11.7 Å². The predicted molar refractivity (Wildman–Crippen MR) is 58.6 cm³/mol. The van der Waals surface area contributed by atoms with Crippen LogP contribution < -0.4 is 10.5 Å². The van der Waals surface area contributed by atoms with Crippen LogP contribution in [-0.2, 0) is 0 Å². The summed E-state index contributed by atoms with van der Waals surface area (Å²) >= 11 is 0. The fourth-order valence-corrected chi connectivity index (χ4v) is 1.31. The average Bonchev–Trinajstić information content (AvgIpc) is 2.24. The van der Waals surface area contributed by atoms with E-state index >= 15 is 0 Å². The molecule has 7 heteroatoms. The number of rotatable bonds is 5. The lowest BCUT2D eigenvalue weighted by atomic mass is 10.1. The minimum atomic E-state index is -4.22. The number of carboxylic acids is 1. The van der Waals surface area contributed by atoms with Crippen molar-refractivity contribution in [1.29, 1.82) is 0 Å². The van der Waals surface area contributed by atoms with Crippen LogP contribution in [0.1, 0.15) is 23.2 Å². The van der Waals surface area contributed by atoms with E-state index in [1.54, 1.807) is 0 Å². The Morgan fingerprint density at radius 2 is 2.06 bits per heavy atom. The van der Waals surface area contributed by atoms with E-state index in [1.165, 1.54) is 18.2 Å². The summed E-state index contributed by atoms with van der Waals surface area (Å²) in [6.07, 6.45) is -5.39. The van der Waals surface area contributed by atoms with E-state index in [0.29, 0.717) is 0 Å². The van der Waals surface area contributed by atoms with Crippen LogP contribution in [0.25, 0.3) is 0 Å². The Balaban J connectivity index is 2.58. The Hall–Kier alpha value is -1.92. The van der Waals surface area contributed by atoms with Gasteiger partial charge in [-0.25, -0.2) is 4.79 Å². The molecule has 18 heavy (non-hydrogen) atoms. The topological polar surface area (TPSA) is 72.5 Å². The third-order valence-electron chi connectivity index (χ3n) is 2.16. The number of ether oxygens (including phenoxy) is 1. The maximum Gasteiger partial charge on any atom is 0.389 e. The first-order chi connectivity index (χ1) is 8.31. The molecule has 1 rings (SSSR count). The number of hydrogen-bond acceptors (Lipinski definition) is 3. The Morgan fingerprint density at radius 3 is 2.61 bits per heavy atom. The molecular formula is C11H12F3NO3. The highest BCUT2D eigenvalue weighted by molar-refractivity contribution is 5.95. The average molecular weight is 263 g/mol. The van der Waals surface area contributed by atoms with Gasteiger partial charge in [0.2, 0.25) is 0 Å². The molecule has 1 aromatic carbocycles. The number of alkyl halides is 3. The first-order valence-corrected chi connectivity index (χ1v) is 5.12. The summed E-state index contributed by atoms with van der Waals surface area (Å²) in [5.41, 5.74) is 5.30. The van der Waals surface area contributed by atoms with Gasteiger partial charge in [0.15, 0.2) is 0 Å². The van der Waals surface area contributed by atoms with Gasteiger partial charge in [0.05, 0.1) is 17.9 Å². The van der Waals surface area contributed by atoms with Crippen LogP contribution in [0.4, 0.5) is 18.9 Å². The minimum absolute atomic E-state index is 0.0806. The summed E-state index contributed by atoms with van der Waals surface area (Å²) < 4.78 is 40.7. The molecule has 0 aliphatic heterocycles. The third-order valence-corrected chi connectivity index (χ3v) is 2.16. The highest BCUT2D eigenvalue weighted by atomic mass is 19.4. The molecule has 0 unspecified atom stereocenters. The van der Waals surface area contributed by atoms with Crippen LogP contribution in [0.3, 0.4) is 0 Å². The summed E-state index contributed by atoms with van der Waals surface area (Å²) in [5, 5.41) is 8.78. The molecule has 0 heterocycles. The van der Waals surface area contributed by atoms with E-state index in [4.69, 9.17) is 15.6 Å². The molecule has 100 valence electrons. The molecule has 4 nitrogen and oxygen atoms in total. The molecule has 1 aromatic rings. The number of nitrogens with two attached hydrogens (primary N) is 1. The highest BCUT2D eigenvalue weighted by Gasteiger charge is 2.26. The number of carbonyl (C=O) groups is 1. The zero-order valence-electron chi connectivity index (χ0n) is 9.33. The number of halogens is 3. The standard InChI is InChI=1S/C11H12F3NO3/c12-11(13,14)5-2-6-18-8-4-1-3-7(9(8)15)10(16)17/h1,3-4H,2,5-6,15H2,(H,16,17). The highest BCUT2D eigenvalue weighted by Crippen LogP contribution is 2.26. The van der Waals surface area contributed by atoms with E-state index in [2.05, 4.69) is 0 Å².